The molecule has 0 unspecified atom stereocenters. The molecule has 4 aliphatic heterocycles. The smallest absolute Gasteiger partial charge is 0.302 e. The van der Waals surface area contributed by atoms with Gasteiger partial charge in [0.2, 0.25) is 43.7 Å². The van der Waals surface area contributed by atoms with E-state index < -0.39 is 135 Å². The zero-order chi connectivity index (χ0) is 93.3. The number of nitrogens with zero attached hydrogens (tertiary/aromatic N) is 6. The lowest BCUT2D eigenvalue weighted by molar-refractivity contribution is -0.140. The van der Waals surface area contributed by atoms with Crippen LogP contribution >= 0.6 is 22.7 Å². The van der Waals surface area contributed by atoms with E-state index in [4.69, 9.17) is 38.9 Å². The summed E-state index contributed by atoms with van der Waals surface area (Å²) >= 11 is 2.94. The lowest BCUT2D eigenvalue weighted by Crippen LogP contribution is -2.49. The summed E-state index contributed by atoms with van der Waals surface area (Å²) in [6, 6.07) is 13.9. The van der Waals surface area contributed by atoms with E-state index in [9.17, 15) is 68.0 Å². The molecule has 8 aliphatic rings. The second kappa shape index (κ2) is 39.2. The number of fused-ring (bicyclic) bond motifs is 6. The van der Waals surface area contributed by atoms with Crippen LogP contribution in [0.4, 0.5) is 28.9 Å². The summed E-state index contributed by atoms with van der Waals surface area (Å²) in [6.07, 6.45) is 14.8. The largest absolute Gasteiger partial charge is 0.496 e. The minimum absolute atomic E-state index is 0.00347. The normalized spacial score (nSPS) is 24.8. The van der Waals surface area contributed by atoms with Crippen LogP contribution in [0.3, 0.4) is 0 Å². The number of nitrogens with one attached hydrogen (secondary N) is 4. The predicted molar refractivity (Wildman–Crippen MR) is 490 cm³/mol. The first-order valence-electron chi connectivity index (χ1n) is 44.7. The van der Waals surface area contributed by atoms with Gasteiger partial charge in [-0.2, -0.15) is 0 Å². The predicted octanol–water partition coefficient (Wildman–Crippen LogP) is 17.3. The van der Waals surface area contributed by atoms with E-state index in [-0.39, 0.29) is 92.6 Å². The van der Waals surface area contributed by atoms with E-state index in [1.807, 2.05) is 85.3 Å². The van der Waals surface area contributed by atoms with Gasteiger partial charge < -0.3 is 44.1 Å². The highest BCUT2D eigenvalue weighted by atomic mass is 32.2. The third kappa shape index (κ3) is 20.9. The van der Waals surface area contributed by atoms with Crippen molar-refractivity contribution in [3.8, 4) is 44.4 Å². The number of aromatic nitrogens is 4. The number of ketones is 2. The van der Waals surface area contributed by atoms with E-state index in [0.717, 1.165) is 72.5 Å². The van der Waals surface area contributed by atoms with E-state index in [0.29, 0.717) is 137 Å². The van der Waals surface area contributed by atoms with Crippen LogP contribution in [0.5, 0.6) is 23.0 Å². The Balaban J connectivity index is 0.000000197. The molecule has 696 valence electrons. The van der Waals surface area contributed by atoms with Gasteiger partial charge >= 0.3 is 5.97 Å². The van der Waals surface area contributed by atoms with Gasteiger partial charge in [-0.05, 0) is 184 Å². The Bertz CT molecular complexity index is 5630. The van der Waals surface area contributed by atoms with Crippen LogP contribution in [-0.4, -0.2) is 168 Å². The number of aryl methyl sites for hydroxylation is 2. The van der Waals surface area contributed by atoms with Crippen molar-refractivity contribution in [2.45, 2.75) is 255 Å². The second-order valence-electron chi connectivity index (χ2n) is 36.7. The van der Waals surface area contributed by atoms with Gasteiger partial charge in [-0.1, -0.05) is 77.7 Å². The molecule has 26 nitrogen and oxygen atoms in total. The number of hydrogen-bond acceptors (Lipinski definition) is 24. The maximum absolute atomic E-state index is 14.9. The van der Waals surface area contributed by atoms with Gasteiger partial charge in [-0.3, -0.25) is 43.0 Å². The van der Waals surface area contributed by atoms with Crippen LogP contribution < -0.4 is 39.0 Å². The Hall–Kier alpha value is -10.5. The van der Waals surface area contributed by atoms with Gasteiger partial charge in [0.25, 0.3) is 0 Å². The van der Waals surface area contributed by atoms with Crippen LogP contribution in [0.2, 0.25) is 0 Å². The number of allylic oxidation sites excluding steroid dienone is 4. The third-order valence-corrected chi connectivity index (χ3v) is 32.6. The quantitative estimate of drug-likeness (QED) is 0.0295. The van der Waals surface area contributed by atoms with E-state index in [1.54, 1.807) is 35.0 Å². The fourth-order valence-corrected chi connectivity index (χ4v) is 22.2. The number of carbonyl (C=O) groups is 7. The number of amides is 4. The first-order chi connectivity index (χ1) is 61.8. The number of esters is 1. The Morgan fingerprint density at radius 1 is 0.538 bits per heavy atom. The Kier molecular flexibility index (Phi) is 28.8. The number of sulfonamides is 2. The molecule has 4 aliphatic carbocycles. The van der Waals surface area contributed by atoms with Crippen molar-refractivity contribution in [2.24, 2.45) is 22.7 Å². The maximum atomic E-state index is 14.9. The Morgan fingerprint density at radius 2 is 0.938 bits per heavy atom. The lowest BCUT2D eigenvalue weighted by Gasteiger charge is -2.30. The molecule has 8 aromatic rings. The zero-order valence-corrected chi connectivity index (χ0v) is 78.6. The van der Waals surface area contributed by atoms with Crippen molar-refractivity contribution in [2.75, 3.05) is 44.5 Å². The number of Topliss-reactive ketones (excluding diaryl/α,β-unsaturated/α-hetero) is 2. The number of benzene rings is 4. The molecule has 0 radical (unpaired) electrons. The molecule has 16 rings (SSSR count). The molecule has 4 aromatic carbocycles. The Morgan fingerprint density at radius 3 is 1.28 bits per heavy atom. The van der Waals surface area contributed by atoms with Crippen molar-refractivity contribution in [1.29, 1.82) is 0 Å². The highest BCUT2D eigenvalue weighted by molar-refractivity contribution is 7.92. The average Bonchev–Trinajstić information content (AvgIpc) is 1.56. The van der Waals surface area contributed by atoms with Crippen LogP contribution in [0.25, 0.3) is 43.2 Å². The number of pyridine rings is 2. The molecule has 2 saturated heterocycles. The monoisotopic (exact) mass is 1870 g/mol. The topological polar surface area (TPSA) is 340 Å². The fraction of sp³-hybridized carbons (Fsp3) is 0.510. The number of halogens is 4. The van der Waals surface area contributed by atoms with Gasteiger partial charge in [0.1, 0.15) is 68.7 Å². The number of ether oxygens (including phenoxy) is 5. The Labute approximate surface area is 763 Å². The van der Waals surface area contributed by atoms with Gasteiger partial charge in [0.05, 0.1) is 88.7 Å². The molecule has 130 heavy (non-hydrogen) atoms. The molecule has 10 atom stereocenters. The second-order valence-corrected chi connectivity index (χ2v) is 42.8. The summed E-state index contributed by atoms with van der Waals surface area (Å²) in [5.74, 6) is -5.50. The van der Waals surface area contributed by atoms with Crippen LogP contribution in [0.1, 0.15) is 218 Å². The summed E-state index contributed by atoms with van der Waals surface area (Å²) in [6.45, 7) is 19.0. The van der Waals surface area contributed by atoms with Crippen LogP contribution in [0.15, 0.2) is 108 Å². The number of hydrogen-bond donors (Lipinski definition) is 4. The first kappa shape index (κ1) is 95.6. The number of thiazole rings is 2. The van der Waals surface area contributed by atoms with E-state index in [2.05, 4.69) is 52.5 Å². The molecule has 4 saturated carbocycles. The first-order valence-corrected chi connectivity index (χ1v) is 49.5. The molecule has 34 heteroatoms. The van der Waals surface area contributed by atoms with Gasteiger partial charge in [-0.15, -0.1) is 22.7 Å². The third-order valence-electron chi connectivity index (χ3n) is 26.6. The van der Waals surface area contributed by atoms with Crippen LogP contribution in [-0.2, 0) is 58.3 Å². The summed E-state index contributed by atoms with van der Waals surface area (Å²) < 4.78 is 142. The van der Waals surface area contributed by atoms with Crippen molar-refractivity contribution in [1.82, 2.24) is 39.2 Å². The van der Waals surface area contributed by atoms with Gasteiger partial charge in [0.15, 0.2) is 34.8 Å². The zero-order valence-electron chi connectivity index (χ0n) is 75.3. The molecule has 0 bridgehead atoms. The van der Waals surface area contributed by atoms with Crippen molar-refractivity contribution < 1.29 is 91.6 Å². The van der Waals surface area contributed by atoms with Crippen molar-refractivity contribution in [3.63, 3.8) is 0 Å². The molecular weight excluding hydrogens is 1750 g/mol. The molecule has 0 spiro atoms. The summed E-state index contributed by atoms with van der Waals surface area (Å²) in [5, 5.41) is 13.1. The van der Waals surface area contributed by atoms with E-state index in [1.165, 1.54) is 51.5 Å². The minimum atomic E-state index is -3.99. The van der Waals surface area contributed by atoms with E-state index >= 15 is 0 Å². The van der Waals surface area contributed by atoms with Crippen molar-refractivity contribution in [3.05, 3.63) is 154 Å². The highest BCUT2D eigenvalue weighted by Gasteiger charge is 2.65. The lowest BCUT2D eigenvalue weighted by atomic mass is 9.91. The number of carbonyl (C=O) groups excluding carboxylic acids is 7. The number of rotatable bonds is 21. The standard InChI is InChI=1S/2C46H53F2N5O7S2.C4H8O2/c2*1-26(2)36-25-61-42(51-36)35-21-40(31-14-16-39(59-5)27(3)41(31)50-35)60-30-20-37-38(54)23-46(44(56)52-62(57,58)45(4)17-18-45)22-28(46)11-9-7-6-8-10-12-34(43(55)53(37)24-30)49-29-13-15-32(47)33(48)19-29;1-3-6-4(2)5/h2*9,11,13-16,19,21,25-26,28,30,34,37,49H,6-8,10,12,17-18,20,22-24H2,1-5H3,(H,52,56);3H2,1-2H3/b2*11-9-;/t2*28-,30-,34+,37+,46-;/m11./s1. The number of anilines is 2. The molecule has 8 heterocycles. The minimum Gasteiger partial charge on any atom is -0.496 e. The molecule has 6 fully saturated rings. The molecule has 4 N–H and O–H groups in total. The SMILES string of the molecule is CCOC(C)=O.COc1ccc2c(O[C@@H]3C[C@H]4C(=O)C[C@]5(C(=O)NS(=O)(=O)C6(C)CC6)C[C@H]5/C=C\CCCCC[C@H](Nc5ccc(F)c(F)c5)C(=O)N4C3)cc(-c3nc(C(C)C)cs3)nc2c1C.COc1ccc2c(O[C@@H]3C[C@H]4C(=O)C[C@]5(C(=O)NS(=O)(=O)C6(C)CC6)C[C@H]5/C=C\CCCCC[C@H](Nc5ccc(F)c(F)c5)C(=O)N4C3)cc(-c3nc(C(C)C)cs3)nc2c1C. The molecule has 4 aromatic heterocycles. The molecule has 4 amide bonds. The summed E-state index contributed by atoms with van der Waals surface area (Å²) in [4.78, 5) is 120. The molecular formula is C96H114F4N10O16S4. The average molecular weight is 1870 g/mol. The summed E-state index contributed by atoms with van der Waals surface area (Å²) in [7, 11) is -4.80. The fourth-order valence-electron chi connectivity index (χ4n) is 17.7. The summed E-state index contributed by atoms with van der Waals surface area (Å²) in [5.41, 5.74) is 3.73. The van der Waals surface area contributed by atoms with Crippen molar-refractivity contribution >= 4 is 117 Å². The van der Waals surface area contributed by atoms with Crippen LogP contribution in [0, 0.1) is 59.8 Å². The van der Waals surface area contributed by atoms with Gasteiger partial charge in [-0.25, -0.2) is 54.3 Å². The maximum Gasteiger partial charge on any atom is 0.302 e. The highest BCUT2D eigenvalue weighted by Crippen LogP contribution is 2.60. The number of methoxy groups -OCH3 is 2. The van der Waals surface area contributed by atoms with Gasteiger partial charge in [0, 0.05) is 101 Å².